The molecule has 5 nitrogen and oxygen atoms in total. The highest BCUT2D eigenvalue weighted by Crippen LogP contribution is 2.36. The van der Waals surface area contributed by atoms with E-state index in [1.807, 2.05) is 39.8 Å². The molecule has 0 aromatic heterocycles. The largest absolute Gasteiger partial charge is 0.393 e. The third-order valence-corrected chi connectivity index (χ3v) is 8.25. The van der Waals surface area contributed by atoms with Crippen LogP contribution in [0.5, 0.6) is 0 Å². The van der Waals surface area contributed by atoms with Crippen molar-refractivity contribution in [2.45, 2.75) is 100.0 Å². The predicted octanol–water partition coefficient (Wildman–Crippen LogP) is 7.65. The molecule has 0 amide bonds. The molecule has 0 radical (unpaired) electrons. The average Bonchev–Trinajstić information content (AvgIpc) is 3.56. The minimum atomic E-state index is -2.94. The maximum atomic E-state index is 11.1. The van der Waals surface area contributed by atoms with Crippen molar-refractivity contribution in [3.63, 3.8) is 0 Å². The summed E-state index contributed by atoms with van der Waals surface area (Å²) in [5, 5.41) is 4.23. The zero-order chi connectivity index (χ0) is 26.4. The van der Waals surface area contributed by atoms with E-state index in [1.165, 1.54) is 11.1 Å². The van der Waals surface area contributed by atoms with E-state index in [-0.39, 0.29) is 24.8 Å². The second-order valence-electron chi connectivity index (χ2n) is 11.2. The maximum absolute atomic E-state index is 11.1. The molecular weight excluding hydrogens is 468 g/mol. The molecule has 0 unspecified atom stereocenters. The molecule has 2 aliphatic carbocycles. The summed E-state index contributed by atoms with van der Waals surface area (Å²) in [4.78, 5) is 5.43. The molecule has 2 aromatic carbocycles. The van der Waals surface area contributed by atoms with Crippen LogP contribution in [-0.4, -0.2) is 31.5 Å². The number of rotatable bonds is 5. The Hall–Kier alpha value is -2.18. The normalized spacial score (nSPS) is 14.2. The summed E-state index contributed by atoms with van der Waals surface area (Å²) in [6, 6.07) is 16.7. The van der Waals surface area contributed by atoms with Crippen LogP contribution in [0.1, 0.15) is 93.7 Å². The number of hydrogen-bond donors (Lipinski definition) is 1. The first kappa shape index (κ1) is 31.8. The molecule has 0 heterocycles. The van der Waals surface area contributed by atoms with Gasteiger partial charge in [0.15, 0.2) is 0 Å². The molecule has 0 bridgehead atoms. The number of sulfonamides is 1. The molecule has 2 aromatic rings. The highest BCUT2D eigenvalue weighted by atomic mass is 32.2. The summed E-state index contributed by atoms with van der Waals surface area (Å²) >= 11 is 0. The highest BCUT2D eigenvalue weighted by molar-refractivity contribution is 7.90. The van der Waals surface area contributed by atoms with Crippen LogP contribution in [0.3, 0.4) is 0 Å². The van der Waals surface area contributed by atoms with Crippen LogP contribution in [0.25, 0.3) is 11.1 Å². The zero-order valence-corrected chi connectivity index (χ0v) is 23.7. The number of benzene rings is 2. The van der Waals surface area contributed by atoms with Gasteiger partial charge in [0.05, 0.1) is 5.25 Å². The van der Waals surface area contributed by atoms with Crippen molar-refractivity contribution in [2.24, 2.45) is 16.5 Å². The van der Waals surface area contributed by atoms with Crippen LogP contribution in [-0.2, 0) is 14.9 Å². The van der Waals surface area contributed by atoms with E-state index in [1.54, 1.807) is 0 Å². The third-order valence-electron chi connectivity index (χ3n) is 6.10. The van der Waals surface area contributed by atoms with Crippen molar-refractivity contribution in [2.75, 3.05) is 0 Å². The van der Waals surface area contributed by atoms with Crippen molar-refractivity contribution in [1.82, 2.24) is 4.72 Å². The fourth-order valence-electron chi connectivity index (χ4n) is 3.05. The molecule has 0 aliphatic heterocycles. The molecule has 0 saturated heterocycles. The molecule has 36 heavy (non-hydrogen) atoms. The summed E-state index contributed by atoms with van der Waals surface area (Å²) < 4.78 is 24.7. The fourth-order valence-corrected chi connectivity index (χ4v) is 4.66. The Balaban J connectivity index is 0.000000306. The average molecular weight is 517 g/mol. The monoisotopic (exact) mass is 516 g/mol. The Labute approximate surface area is 220 Å². The van der Waals surface area contributed by atoms with Crippen LogP contribution in [0.15, 0.2) is 53.7 Å². The molecule has 2 aliphatic rings. The smallest absolute Gasteiger partial charge is 0.214 e. The second kappa shape index (κ2) is 13.4. The van der Waals surface area contributed by atoms with Gasteiger partial charge in [0.25, 0.3) is 0 Å². The first-order valence-electron chi connectivity index (χ1n) is 12.7. The van der Waals surface area contributed by atoms with Crippen molar-refractivity contribution < 1.29 is 13.3 Å². The van der Waals surface area contributed by atoms with Gasteiger partial charge in [0.2, 0.25) is 10.0 Å². The van der Waals surface area contributed by atoms with Gasteiger partial charge in [-0.3, -0.25) is 0 Å². The van der Waals surface area contributed by atoms with Crippen LogP contribution in [0.4, 0.5) is 0 Å². The van der Waals surface area contributed by atoms with E-state index in [0.717, 1.165) is 35.6 Å². The van der Waals surface area contributed by atoms with E-state index >= 15 is 0 Å². The molecular formula is C30H48N2O3S. The van der Waals surface area contributed by atoms with E-state index in [4.69, 9.17) is 4.84 Å². The van der Waals surface area contributed by atoms with Gasteiger partial charge >= 0.3 is 0 Å². The molecule has 1 N–H and O–H groups in total. The number of fused-ring (bicyclic) bond motifs is 3. The zero-order valence-electron chi connectivity index (χ0n) is 22.9. The standard InChI is InChI=1S/C16H15NO.C7H16.C6H13NO2S.CH4/c1-11(2)18-17-16-14-9-5-3-7-12(14)13-8-4-6-10-15(13)16;1-6(2)7(3,4)5;1-5(2)7-10(8,9)6-3-4-6;/h3-11H,1-2H3;6H,1-5H3;5-7H,3-4H2,1-2H3;1H4. The highest BCUT2D eigenvalue weighted by Gasteiger charge is 2.35. The molecule has 1 saturated carbocycles. The Bertz CT molecular complexity index is 1050. The Morgan fingerprint density at radius 3 is 1.53 bits per heavy atom. The summed E-state index contributed by atoms with van der Waals surface area (Å²) in [5.41, 5.74) is 6.21. The first-order chi connectivity index (χ1) is 16.2. The van der Waals surface area contributed by atoms with E-state index in [0.29, 0.717) is 5.41 Å². The van der Waals surface area contributed by atoms with Gasteiger partial charge in [-0.2, -0.15) is 0 Å². The predicted molar refractivity (Wildman–Crippen MR) is 155 cm³/mol. The number of oxime groups is 1. The molecule has 6 heteroatoms. The lowest BCUT2D eigenvalue weighted by atomic mass is 9.84. The van der Waals surface area contributed by atoms with Crippen LogP contribution < -0.4 is 4.72 Å². The van der Waals surface area contributed by atoms with Gasteiger partial charge in [-0.05, 0) is 63.0 Å². The summed E-state index contributed by atoms with van der Waals surface area (Å²) in [7, 11) is -2.94. The Morgan fingerprint density at radius 1 is 0.833 bits per heavy atom. The number of nitrogens with zero attached hydrogens (tertiary/aromatic N) is 1. The fraction of sp³-hybridized carbons (Fsp3) is 0.567. The van der Waals surface area contributed by atoms with Gasteiger partial charge < -0.3 is 4.84 Å². The van der Waals surface area contributed by atoms with E-state index < -0.39 is 10.0 Å². The molecule has 1 fully saturated rings. The van der Waals surface area contributed by atoms with Gasteiger partial charge in [0.1, 0.15) is 11.8 Å². The van der Waals surface area contributed by atoms with Crippen molar-refractivity contribution in [3.8, 4) is 11.1 Å². The van der Waals surface area contributed by atoms with Crippen LogP contribution >= 0.6 is 0 Å². The minimum absolute atomic E-state index is 0. The molecule has 0 atom stereocenters. The topological polar surface area (TPSA) is 67.8 Å². The van der Waals surface area contributed by atoms with Crippen LogP contribution in [0, 0.1) is 11.3 Å². The Kier molecular flexibility index (Phi) is 11.8. The quantitative estimate of drug-likeness (QED) is 0.354. The molecule has 0 spiro atoms. The van der Waals surface area contributed by atoms with Gasteiger partial charge in [-0.25, -0.2) is 13.1 Å². The summed E-state index contributed by atoms with van der Waals surface area (Å²) in [5.74, 6) is 0.799. The summed E-state index contributed by atoms with van der Waals surface area (Å²) in [6.45, 7) is 18.9. The number of hydrogen-bond acceptors (Lipinski definition) is 4. The molecule has 4 rings (SSSR count). The van der Waals surface area contributed by atoms with E-state index in [9.17, 15) is 8.42 Å². The lowest BCUT2D eigenvalue weighted by molar-refractivity contribution is 0.0863. The van der Waals surface area contributed by atoms with Gasteiger partial charge in [-0.15, -0.1) is 0 Å². The SMILES string of the molecule is C.CC(C)C(C)(C)C.CC(C)NS(=O)(=O)C1CC1.CC(C)ON=C1c2ccccc2-c2ccccc21. The van der Waals surface area contributed by atoms with Crippen molar-refractivity contribution >= 4 is 15.7 Å². The van der Waals surface area contributed by atoms with Crippen molar-refractivity contribution in [1.29, 1.82) is 0 Å². The first-order valence-corrected chi connectivity index (χ1v) is 14.2. The van der Waals surface area contributed by atoms with Crippen molar-refractivity contribution in [3.05, 3.63) is 59.7 Å². The lowest BCUT2D eigenvalue weighted by Crippen LogP contribution is -2.32. The van der Waals surface area contributed by atoms with Gasteiger partial charge in [0, 0.05) is 17.2 Å². The van der Waals surface area contributed by atoms with Gasteiger partial charge in [-0.1, -0.05) is 95.7 Å². The second-order valence-corrected chi connectivity index (χ2v) is 13.2. The third kappa shape index (κ3) is 9.36. The maximum Gasteiger partial charge on any atom is 0.214 e. The minimum Gasteiger partial charge on any atom is -0.393 e. The number of nitrogens with one attached hydrogen (secondary N) is 1. The lowest BCUT2D eigenvalue weighted by Gasteiger charge is -2.22. The molecule has 202 valence electrons. The van der Waals surface area contributed by atoms with E-state index in [2.05, 4.69) is 80.9 Å². The van der Waals surface area contributed by atoms with Crippen LogP contribution in [0.2, 0.25) is 0 Å². The summed E-state index contributed by atoms with van der Waals surface area (Å²) in [6.07, 6.45) is 1.77. The Morgan fingerprint density at radius 2 is 1.22 bits per heavy atom.